The molecule has 4 nitrogen and oxygen atoms in total. The summed E-state index contributed by atoms with van der Waals surface area (Å²) in [4.78, 5) is 4.71. The van der Waals surface area contributed by atoms with Crippen LogP contribution in [0.25, 0.3) is 22.5 Å². The van der Waals surface area contributed by atoms with Gasteiger partial charge in [-0.2, -0.15) is 0 Å². The lowest BCUT2D eigenvalue weighted by atomic mass is 10.0. The van der Waals surface area contributed by atoms with Crippen molar-refractivity contribution in [3.05, 3.63) is 95.5 Å². The van der Waals surface area contributed by atoms with Crippen molar-refractivity contribution in [1.29, 1.82) is 0 Å². The van der Waals surface area contributed by atoms with E-state index in [1.165, 1.54) is 0 Å². The van der Waals surface area contributed by atoms with E-state index in [9.17, 15) is 8.42 Å². The molecular weight excluding hydrogens is 428 g/mol. The van der Waals surface area contributed by atoms with Crippen molar-refractivity contribution in [2.75, 3.05) is 0 Å². The zero-order valence-corrected chi connectivity index (χ0v) is 18.8. The summed E-state index contributed by atoms with van der Waals surface area (Å²) in [6.07, 6.45) is 0.786. The third-order valence-corrected chi connectivity index (χ3v) is 6.86. The Morgan fingerprint density at radius 1 is 0.839 bits per heavy atom. The summed E-state index contributed by atoms with van der Waals surface area (Å²) < 4.78 is 28.8. The molecule has 0 N–H and O–H groups in total. The standard InChI is InChI=1S/C25H23ClN2O2S/c1-2-17-28-24(21-11-7-4-8-12-21)23(20-9-5-3-6-10-20)27-25(28)31(29,30)18-19-13-15-22(26)16-14-19/h3-16H,2,17-18H2,1H3. The maximum absolute atomic E-state index is 13.5. The van der Waals surface area contributed by atoms with Crippen molar-refractivity contribution in [2.24, 2.45) is 0 Å². The van der Waals surface area contributed by atoms with Gasteiger partial charge in [-0.15, -0.1) is 0 Å². The molecule has 0 fully saturated rings. The van der Waals surface area contributed by atoms with E-state index in [0.717, 1.165) is 23.2 Å². The molecule has 31 heavy (non-hydrogen) atoms. The molecule has 0 unspecified atom stereocenters. The Morgan fingerprint density at radius 2 is 1.42 bits per heavy atom. The highest BCUT2D eigenvalue weighted by molar-refractivity contribution is 7.90. The Morgan fingerprint density at radius 3 is 2.00 bits per heavy atom. The number of rotatable bonds is 7. The molecule has 0 aliphatic heterocycles. The quantitative estimate of drug-likeness (QED) is 0.334. The number of imidazole rings is 1. The summed E-state index contributed by atoms with van der Waals surface area (Å²) in [5.74, 6) is -0.132. The lowest BCUT2D eigenvalue weighted by Crippen LogP contribution is -2.14. The number of hydrogen-bond acceptors (Lipinski definition) is 3. The van der Waals surface area contributed by atoms with Gasteiger partial charge in [-0.25, -0.2) is 13.4 Å². The molecule has 4 aromatic rings. The van der Waals surface area contributed by atoms with Crippen LogP contribution in [-0.2, 0) is 22.1 Å². The Bertz CT molecular complexity index is 1270. The van der Waals surface area contributed by atoms with Crippen molar-refractivity contribution < 1.29 is 8.42 Å². The molecule has 0 saturated heterocycles. The average Bonchev–Trinajstić information content (AvgIpc) is 3.17. The second kappa shape index (κ2) is 9.08. The third kappa shape index (κ3) is 4.58. The Kier molecular flexibility index (Phi) is 6.25. The van der Waals surface area contributed by atoms with Crippen LogP contribution in [-0.4, -0.2) is 18.0 Å². The molecule has 1 aromatic heterocycles. The molecule has 0 atom stereocenters. The molecule has 6 heteroatoms. The minimum Gasteiger partial charge on any atom is -0.314 e. The molecule has 0 amide bonds. The number of benzene rings is 3. The fraction of sp³-hybridized carbons (Fsp3) is 0.160. The molecule has 3 aromatic carbocycles. The topological polar surface area (TPSA) is 52.0 Å². The molecular formula is C25H23ClN2O2S. The van der Waals surface area contributed by atoms with Gasteiger partial charge in [0, 0.05) is 22.7 Å². The van der Waals surface area contributed by atoms with Crippen molar-refractivity contribution >= 4 is 21.4 Å². The molecule has 0 spiro atoms. The molecule has 1 heterocycles. The fourth-order valence-electron chi connectivity index (χ4n) is 3.65. The van der Waals surface area contributed by atoms with Crippen LogP contribution in [0.2, 0.25) is 5.02 Å². The maximum atomic E-state index is 13.5. The second-order valence-electron chi connectivity index (χ2n) is 7.36. The average molecular weight is 451 g/mol. The lowest BCUT2D eigenvalue weighted by Gasteiger charge is -2.12. The number of sulfone groups is 1. The minimum atomic E-state index is -3.69. The van der Waals surface area contributed by atoms with E-state index in [4.69, 9.17) is 16.6 Å². The van der Waals surface area contributed by atoms with Crippen LogP contribution in [0.5, 0.6) is 0 Å². The van der Waals surface area contributed by atoms with Crippen LogP contribution in [0.15, 0.2) is 90.1 Å². The fourth-order valence-corrected chi connectivity index (χ4v) is 5.29. The first-order valence-corrected chi connectivity index (χ1v) is 12.2. The van der Waals surface area contributed by atoms with Gasteiger partial charge >= 0.3 is 0 Å². The normalized spacial score (nSPS) is 11.5. The zero-order valence-electron chi connectivity index (χ0n) is 17.2. The van der Waals surface area contributed by atoms with Crippen LogP contribution >= 0.6 is 11.6 Å². The van der Waals surface area contributed by atoms with Crippen molar-refractivity contribution in [3.8, 4) is 22.5 Å². The van der Waals surface area contributed by atoms with E-state index in [-0.39, 0.29) is 10.9 Å². The predicted octanol–water partition coefficient (Wildman–Crippen LogP) is 6.25. The molecule has 0 aliphatic carbocycles. The molecule has 158 valence electrons. The van der Waals surface area contributed by atoms with Crippen LogP contribution in [0.3, 0.4) is 0 Å². The third-order valence-electron chi connectivity index (χ3n) is 5.02. The van der Waals surface area contributed by atoms with Gasteiger partial charge in [0.15, 0.2) is 0 Å². The van der Waals surface area contributed by atoms with Gasteiger partial charge < -0.3 is 4.57 Å². The maximum Gasteiger partial charge on any atom is 0.229 e. The first kappa shape index (κ1) is 21.3. The number of hydrogen-bond donors (Lipinski definition) is 0. The van der Waals surface area contributed by atoms with Gasteiger partial charge in [0.05, 0.1) is 17.1 Å². The Hall–Kier alpha value is -2.89. The Balaban J connectivity index is 1.92. The summed E-state index contributed by atoms with van der Waals surface area (Å²) in [6.45, 7) is 2.59. The first-order valence-electron chi connectivity index (χ1n) is 10.2. The summed E-state index contributed by atoms with van der Waals surface area (Å²) in [6, 6.07) is 26.5. The summed E-state index contributed by atoms with van der Waals surface area (Å²) >= 11 is 5.96. The lowest BCUT2D eigenvalue weighted by molar-refractivity contribution is 0.558. The van der Waals surface area contributed by atoms with Gasteiger partial charge in [-0.05, 0) is 24.1 Å². The van der Waals surface area contributed by atoms with E-state index < -0.39 is 9.84 Å². The summed E-state index contributed by atoms with van der Waals surface area (Å²) in [5.41, 5.74) is 4.01. The largest absolute Gasteiger partial charge is 0.314 e. The van der Waals surface area contributed by atoms with Gasteiger partial charge in [0.1, 0.15) is 0 Å². The van der Waals surface area contributed by atoms with Crippen LogP contribution in [0, 0.1) is 0 Å². The van der Waals surface area contributed by atoms with Crippen LogP contribution in [0.1, 0.15) is 18.9 Å². The predicted molar refractivity (Wildman–Crippen MR) is 126 cm³/mol. The SMILES string of the molecule is CCCn1c(S(=O)(=O)Cc2ccc(Cl)cc2)nc(-c2ccccc2)c1-c1ccccc1. The Labute approximate surface area is 188 Å². The number of aromatic nitrogens is 2. The highest BCUT2D eigenvalue weighted by Crippen LogP contribution is 2.35. The number of nitrogens with zero attached hydrogens (tertiary/aromatic N) is 2. The van der Waals surface area contributed by atoms with Gasteiger partial charge in [0.2, 0.25) is 15.0 Å². The van der Waals surface area contributed by atoms with Gasteiger partial charge in [0.25, 0.3) is 0 Å². The van der Waals surface area contributed by atoms with E-state index in [0.29, 0.717) is 22.8 Å². The molecule has 0 bridgehead atoms. The molecule has 4 rings (SSSR count). The van der Waals surface area contributed by atoms with Gasteiger partial charge in [-0.1, -0.05) is 91.3 Å². The summed E-state index contributed by atoms with van der Waals surface area (Å²) in [5, 5.41) is 0.674. The van der Waals surface area contributed by atoms with Crippen LogP contribution in [0.4, 0.5) is 0 Å². The first-order chi connectivity index (χ1) is 15.0. The molecule has 0 radical (unpaired) electrons. The second-order valence-corrected chi connectivity index (χ2v) is 9.68. The van der Waals surface area contributed by atoms with E-state index >= 15 is 0 Å². The van der Waals surface area contributed by atoms with E-state index in [1.54, 1.807) is 24.3 Å². The summed E-state index contributed by atoms with van der Waals surface area (Å²) in [7, 11) is -3.69. The van der Waals surface area contributed by atoms with Gasteiger partial charge in [-0.3, -0.25) is 0 Å². The zero-order chi connectivity index (χ0) is 21.8. The number of halogens is 1. The highest BCUT2D eigenvalue weighted by atomic mass is 35.5. The monoisotopic (exact) mass is 450 g/mol. The smallest absolute Gasteiger partial charge is 0.229 e. The molecule has 0 aliphatic rings. The minimum absolute atomic E-state index is 0.0991. The van der Waals surface area contributed by atoms with Crippen molar-refractivity contribution in [3.63, 3.8) is 0 Å². The van der Waals surface area contributed by atoms with Crippen molar-refractivity contribution in [2.45, 2.75) is 30.8 Å². The molecule has 0 saturated carbocycles. The van der Waals surface area contributed by atoms with E-state index in [1.807, 2.05) is 72.2 Å². The van der Waals surface area contributed by atoms with Crippen molar-refractivity contribution in [1.82, 2.24) is 9.55 Å². The van der Waals surface area contributed by atoms with E-state index in [2.05, 4.69) is 0 Å². The highest BCUT2D eigenvalue weighted by Gasteiger charge is 2.28. The van der Waals surface area contributed by atoms with Crippen LogP contribution < -0.4 is 0 Å².